The summed E-state index contributed by atoms with van der Waals surface area (Å²) in [4.78, 5) is 15.8. The molecule has 0 bridgehead atoms. The Balaban J connectivity index is 2.19. The SMILES string of the molecule is O=C(c1cc(Cl)nc(Cl)c1)C1CNCCO1. The van der Waals surface area contributed by atoms with Crippen molar-refractivity contribution in [2.24, 2.45) is 0 Å². The van der Waals surface area contributed by atoms with Gasteiger partial charge in [0, 0.05) is 18.7 Å². The molecule has 4 nitrogen and oxygen atoms in total. The van der Waals surface area contributed by atoms with E-state index >= 15 is 0 Å². The monoisotopic (exact) mass is 260 g/mol. The number of nitrogens with one attached hydrogen (secondary N) is 1. The Morgan fingerprint density at radius 1 is 1.44 bits per heavy atom. The van der Waals surface area contributed by atoms with E-state index in [0.29, 0.717) is 18.7 Å². The largest absolute Gasteiger partial charge is 0.367 e. The first-order valence-electron chi connectivity index (χ1n) is 4.86. The molecule has 2 heterocycles. The van der Waals surface area contributed by atoms with E-state index in [1.54, 1.807) is 0 Å². The van der Waals surface area contributed by atoms with Crippen LogP contribution < -0.4 is 5.32 Å². The van der Waals surface area contributed by atoms with E-state index in [2.05, 4.69) is 10.3 Å². The van der Waals surface area contributed by atoms with Crippen LogP contribution in [-0.2, 0) is 4.74 Å². The van der Waals surface area contributed by atoms with Gasteiger partial charge in [-0.15, -0.1) is 0 Å². The third-order valence-corrected chi connectivity index (χ3v) is 2.65. The molecule has 1 aromatic heterocycles. The van der Waals surface area contributed by atoms with Gasteiger partial charge in [-0.25, -0.2) is 4.98 Å². The first-order valence-corrected chi connectivity index (χ1v) is 5.62. The molecule has 6 heteroatoms. The Bertz CT molecular complexity index is 386. The molecular weight excluding hydrogens is 251 g/mol. The van der Waals surface area contributed by atoms with Gasteiger partial charge in [0.2, 0.25) is 0 Å². The van der Waals surface area contributed by atoms with Crippen LogP contribution in [0.25, 0.3) is 0 Å². The van der Waals surface area contributed by atoms with Crippen LogP contribution in [0, 0.1) is 0 Å². The number of morpholine rings is 1. The van der Waals surface area contributed by atoms with E-state index in [1.165, 1.54) is 12.1 Å². The number of rotatable bonds is 2. The third-order valence-electron chi connectivity index (χ3n) is 2.27. The lowest BCUT2D eigenvalue weighted by Crippen LogP contribution is -2.43. The van der Waals surface area contributed by atoms with Crippen molar-refractivity contribution in [3.05, 3.63) is 28.0 Å². The zero-order chi connectivity index (χ0) is 11.5. The summed E-state index contributed by atoms with van der Waals surface area (Å²) in [5.74, 6) is -0.126. The molecule has 0 spiro atoms. The second-order valence-corrected chi connectivity index (χ2v) is 4.20. The number of Topliss-reactive ketones (excluding diaryl/α,β-unsaturated/α-hetero) is 1. The van der Waals surface area contributed by atoms with Crippen molar-refractivity contribution < 1.29 is 9.53 Å². The van der Waals surface area contributed by atoms with Gasteiger partial charge in [-0.05, 0) is 12.1 Å². The number of carbonyl (C=O) groups is 1. The predicted octanol–water partition coefficient (Wildman–Crippen LogP) is 1.56. The van der Waals surface area contributed by atoms with E-state index < -0.39 is 6.10 Å². The number of carbonyl (C=O) groups excluding carboxylic acids is 1. The fourth-order valence-electron chi connectivity index (χ4n) is 1.53. The zero-order valence-corrected chi connectivity index (χ0v) is 9.88. The molecule has 0 saturated carbocycles. The minimum Gasteiger partial charge on any atom is -0.367 e. The number of pyridine rings is 1. The Kier molecular flexibility index (Phi) is 3.76. The van der Waals surface area contributed by atoms with Gasteiger partial charge in [0.05, 0.1) is 6.61 Å². The van der Waals surface area contributed by atoms with Crippen LogP contribution in [0.3, 0.4) is 0 Å². The summed E-state index contributed by atoms with van der Waals surface area (Å²) in [6.07, 6.45) is -0.469. The summed E-state index contributed by atoms with van der Waals surface area (Å²) in [6.45, 7) is 1.81. The van der Waals surface area contributed by atoms with Crippen LogP contribution in [0.5, 0.6) is 0 Å². The van der Waals surface area contributed by atoms with Gasteiger partial charge in [0.25, 0.3) is 0 Å². The molecule has 1 unspecified atom stereocenters. The van der Waals surface area contributed by atoms with Gasteiger partial charge in [0.1, 0.15) is 16.4 Å². The van der Waals surface area contributed by atoms with Crippen molar-refractivity contribution >= 4 is 29.0 Å². The Morgan fingerprint density at radius 2 is 2.12 bits per heavy atom. The highest BCUT2D eigenvalue weighted by Gasteiger charge is 2.23. The molecule has 0 amide bonds. The fourth-order valence-corrected chi connectivity index (χ4v) is 1.99. The Morgan fingerprint density at radius 3 is 2.69 bits per heavy atom. The maximum absolute atomic E-state index is 12.0. The zero-order valence-electron chi connectivity index (χ0n) is 8.37. The van der Waals surface area contributed by atoms with Crippen LogP contribution in [0.4, 0.5) is 0 Å². The van der Waals surface area contributed by atoms with Crippen LogP contribution in [-0.4, -0.2) is 36.6 Å². The normalized spacial score (nSPS) is 20.8. The van der Waals surface area contributed by atoms with Crippen molar-refractivity contribution in [3.8, 4) is 0 Å². The van der Waals surface area contributed by atoms with Gasteiger partial charge in [-0.1, -0.05) is 23.2 Å². The quantitative estimate of drug-likeness (QED) is 0.648. The minimum absolute atomic E-state index is 0.126. The molecule has 0 aromatic carbocycles. The van der Waals surface area contributed by atoms with E-state index in [1.807, 2.05) is 0 Å². The fraction of sp³-hybridized carbons (Fsp3) is 0.400. The van der Waals surface area contributed by atoms with E-state index in [0.717, 1.165) is 6.54 Å². The molecular formula is C10H10Cl2N2O2. The second-order valence-electron chi connectivity index (χ2n) is 3.43. The summed E-state index contributed by atoms with van der Waals surface area (Å²) in [5.41, 5.74) is 0.429. The maximum atomic E-state index is 12.0. The summed E-state index contributed by atoms with van der Waals surface area (Å²) >= 11 is 11.5. The molecule has 1 aliphatic rings. The number of hydrogen-bond acceptors (Lipinski definition) is 4. The number of nitrogens with zero attached hydrogens (tertiary/aromatic N) is 1. The van der Waals surface area contributed by atoms with Crippen LogP contribution >= 0.6 is 23.2 Å². The number of ketones is 1. The average molecular weight is 261 g/mol. The highest BCUT2D eigenvalue weighted by atomic mass is 35.5. The molecule has 0 aliphatic carbocycles. The van der Waals surface area contributed by atoms with Gasteiger partial charge < -0.3 is 10.1 Å². The van der Waals surface area contributed by atoms with E-state index in [-0.39, 0.29) is 16.1 Å². The number of aromatic nitrogens is 1. The highest BCUT2D eigenvalue weighted by Crippen LogP contribution is 2.17. The molecule has 1 atom stereocenters. The molecule has 0 radical (unpaired) electrons. The summed E-state index contributed by atoms with van der Waals surface area (Å²) in [5, 5.41) is 3.50. The van der Waals surface area contributed by atoms with Crippen molar-refractivity contribution in [1.29, 1.82) is 0 Å². The standard InChI is InChI=1S/C10H10Cl2N2O2/c11-8-3-6(4-9(12)14-8)10(15)7-5-13-1-2-16-7/h3-4,7,13H,1-2,5H2. The lowest BCUT2D eigenvalue weighted by molar-refractivity contribution is 0.0269. The molecule has 1 fully saturated rings. The van der Waals surface area contributed by atoms with E-state index in [4.69, 9.17) is 27.9 Å². The van der Waals surface area contributed by atoms with E-state index in [9.17, 15) is 4.79 Å². The van der Waals surface area contributed by atoms with Gasteiger partial charge in [-0.3, -0.25) is 4.79 Å². The van der Waals surface area contributed by atoms with Gasteiger partial charge >= 0.3 is 0 Å². The van der Waals surface area contributed by atoms with Crippen LogP contribution in [0.1, 0.15) is 10.4 Å². The lowest BCUT2D eigenvalue weighted by Gasteiger charge is -2.22. The second kappa shape index (κ2) is 5.10. The summed E-state index contributed by atoms with van der Waals surface area (Å²) < 4.78 is 5.36. The molecule has 86 valence electrons. The van der Waals surface area contributed by atoms with Crippen molar-refractivity contribution in [1.82, 2.24) is 10.3 Å². The summed E-state index contributed by atoms with van der Waals surface area (Å²) in [7, 11) is 0. The smallest absolute Gasteiger partial charge is 0.193 e. The number of ether oxygens (including phenoxy) is 1. The maximum Gasteiger partial charge on any atom is 0.193 e. The first-order chi connectivity index (χ1) is 7.66. The minimum atomic E-state index is -0.469. The van der Waals surface area contributed by atoms with Crippen molar-refractivity contribution in [2.45, 2.75) is 6.10 Å². The molecule has 1 N–H and O–H groups in total. The number of hydrogen-bond donors (Lipinski definition) is 1. The Hall–Kier alpha value is -0.680. The van der Waals surface area contributed by atoms with Crippen molar-refractivity contribution in [2.75, 3.05) is 19.7 Å². The first kappa shape index (κ1) is 11.8. The average Bonchev–Trinajstić information content (AvgIpc) is 2.28. The Labute approximate surface area is 103 Å². The highest BCUT2D eigenvalue weighted by molar-refractivity contribution is 6.33. The lowest BCUT2D eigenvalue weighted by atomic mass is 10.1. The van der Waals surface area contributed by atoms with Gasteiger partial charge in [-0.2, -0.15) is 0 Å². The molecule has 1 saturated heterocycles. The molecule has 1 aliphatic heterocycles. The summed E-state index contributed by atoms with van der Waals surface area (Å²) in [6, 6.07) is 2.99. The topological polar surface area (TPSA) is 51.2 Å². The van der Waals surface area contributed by atoms with Crippen LogP contribution in [0.2, 0.25) is 10.3 Å². The number of halogens is 2. The molecule has 1 aromatic rings. The molecule has 2 rings (SSSR count). The third kappa shape index (κ3) is 2.71. The predicted molar refractivity (Wildman–Crippen MR) is 61.2 cm³/mol. The molecule has 16 heavy (non-hydrogen) atoms. The van der Waals surface area contributed by atoms with Crippen molar-refractivity contribution in [3.63, 3.8) is 0 Å². The van der Waals surface area contributed by atoms with Crippen LogP contribution in [0.15, 0.2) is 12.1 Å². The van der Waals surface area contributed by atoms with Gasteiger partial charge in [0.15, 0.2) is 5.78 Å².